The van der Waals surface area contributed by atoms with Gasteiger partial charge in [-0.25, -0.2) is 0 Å². The highest BCUT2D eigenvalue weighted by atomic mass is 16.5. The lowest BCUT2D eigenvalue weighted by Crippen LogP contribution is -2.37. The normalized spacial score (nSPS) is 19.4. The average molecular weight is 240 g/mol. The largest absolute Gasteiger partial charge is 0.379 e. The average Bonchev–Trinajstić information content (AvgIpc) is 2.75. The zero-order valence-corrected chi connectivity index (χ0v) is 10.3. The molecular formula is C11H20N4O2. The van der Waals surface area contributed by atoms with Gasteiger partial charge in [-0.3, -0.25) is 4.90 Å². The van der Waals surface area contributed by atoms with Crippen LogP contribution in [0.15, 0.2) is 4.52 Å². The summed E-state index contributed by atoms with van der Waals surface area (Å²) in [5.41, 5.74) is 5.68. The lowest BCUT2D eigenvalue weighted by molar-refractivity contribution is 0.0375. The zero-order chi connectivity index (χ0) is 12.1. The van der Waals surface area contributed by atoms with Crippen molar-refractivity contribution in [3.05, 3.63) is 11.7 Å². The molecule has 0 radical (unpaired) electrons. The summed E-state index contributed by atoms with van der Waals surface area (Å²) < 4.78 is 10.5. The van der Waals surface area contributed by atoms with Gasteiger partial charge in [0.15, 0.2) is 5.82 Å². The molecule has 0 bridgehead atoms. The van der Waals surface area contributed by atoms with Crippen molar-refractivity contribution in [3.8, 4) is 0 Å². The van der Waals surface area contributed by atoms with Crippen molar-refractivity contribution in [1.82, 2.24) is 15.0 Å². The monoisotopic (exact) mass is 240 g/mol. The predicted molar refractivity (Wildman–Crippen MR) is 62.6 cm³/mol. The van der Waals surface area contributed by atoms with Crippen molar-refractivity contribution >= 4 is 0 Å². The van der Waals surface area contributed by atoms with Crippen LogP contribution in [0.4, 0.5) is 0 Å². The summed E-state index contributed by atoms with van der Waals surface area (Å²) in [5.74, 6) is 1.41. The van der Waals surface area contributed by atoms with E-state index in [1.807, 2.05) is 6.92 Å². The molecule has 17 heavy (non-hydrogen) atoms. The van der Waals surface area contributed by atoms with Crippen molar-refractivity contribution in [2.75, 3.05) is 32.8 Å². The number of rotatable bonds is 5. The highest BCUT2D eigenvalue weighted by molar-refractivity contribution is 4.89. The topological polar surface area (TPSA) is 77.4 Å². The van der Waals surface area contributed by atoms with Crippen LogP contribution in [0.25, 0.3) is 0 Å². The standard InChI is InChI=1S/C11H20N4O2/c1-9(12)8-10-13-11(17-14-10)2-3-15-4-6-16-7-5-15/h9H,2-8,12H2,1H3. The Kier molecular flexibility index (Phi) is 4.47. The Morgan fingerprint density at radius 3 is 2.88 bits per heavy atom. The van der Waals surface area contributed by atoms with Crippen LogP contribution in [0.2, 0.25) is 0 Å². The molecule has 6 nitrogen and oxygen atoms in total. The third-order valence-corrected chi connectivity index (χ3v) is 2.76. The molecule has 1 atom stereocenters. The summed E-state index contributed by atoms with van der Waals surface area (Å²) >= 11 is 0. The minimum Gasteiger partial charge on any atom is -0.379 e. The molecule has 0 saturated carbocycles. The second-order valence-corrected chi connectivity index (χ2v) is 4.49. The second kappa shape index (κ2) is 6.09. The summed E-state index contributed by atoms with van der Waals surface area (Å²) in [6.07, 6.45) is 1.47. The van der Waals surface area contributed by atoms with Crippen molar-refractivity contribution in [3.63, 3.8) is 0 Å². The van der Waals surface area contributed by atoms with Gasteiger partial charge in [-0.15, -0.1) is 0 Å². The van der Waals surface area contributed by atoms with Crippen molar-refractivity contribution in [2.45, 2.75) is 25.8 Å². The predicted octanol–water partition coefficient (Wildman–Crippen LogP) is -0.166. The fourth-order valence-corrected chi connectivity index (χ4v) is 1.84. The van der Waals surface area contributed by atoms with Crippen LogP contribution in [-0.2, 0) is 17.6 Å². The molecule has 1 aliphatic heterocycles. The molecule has 1 unspecified atom stereocenters. The van der Waals surface area contributed by atoms with Crippen LogP contribution >= 0.6 is 0 Å². The van der Waals surface area contributed by atoms with Gasteiger partial charge in [0.05, 0.1) is 13.2 Å². The molecule has 1 aromatic heterocycles. The maximum absolute atomic E-state index is 5.68. The Labute approximate surface area is 101 Å². The molecular weight excluding hydrogens is 220 g/mol. The molecule has 2 heterocycles. The van der Waals surface area contributed by atoms with E-state index in [2.05, 4.69) is 15.0 Å². The van der Waals surface area contributed by atoms with Crippen LogP contribution in [0.3, 0.4) is 0 Å². The summed E-state index contributed by atoms with van der Waals surface area (Å²) in [7, 11) is 0. The number of aromatic nitrogens is 2. The maximum atomic E-state index is 5.68. The van der Waals surface area contributed by atoms with Gasteiger partial charge in [0.1, 0.15) is 0 Å². The molecule has 96 valence electrons. The number of morpholine rings is 1. The molecule has 2 N–H and O–H groups in total. The van der Waals surface area contributed by atoms with E-state index in [1.165, 1.54) is 0 Å². The Morgan fingerprint density at radius 1 is 1.41 bits per heavy atom. The molecule has 6 heteroatoms. The van der Waals surface area contributed by atoms with Crippen LogP contribution in [0, 0.1) is 0 Å². The SMILES string of the molecule is CC(N)Cc1noc(CCN2CCOCC2)n1. The molecule has 0 spiro atoms. The van der Waals surface area contributed by atoms with Gasteiger partial charge in [0.25, 0.3) is 0 Å². The lowest BCUT2D eigenvalue weighted by Gasteiger charge is -2.25. The fourth-order valence-electron chi connectivity index (χ4n) is 1.84. The van der Waals surface area contributed by atoms with E-state index in [-0.39, 0.29) is 6.04 Å². The molecule has 1 aliphatic rings. The van der Waals surface area contributed by atoms with Crippen LogP contribution in [-0.4, -0.2) is 53.9 Å². The first kappa shape index (κ1) is 12.5. The van der Waals surface area contributed by atoms with E-state index in [0.717, 1.165) is 39.3 Å². The number of hydrogen-bond acceptors (Lipinski definition) is 6. The Hall–Kier alpha value is -0.980. The second-order valence-electron chi connectivity index (χ2n) is 4.49. The first-order chi connectivity index (χ1) is 8.24. The van der Waals surface area contributed by atoms with Gasteiger partial charge < -0.3 is 15.0 Å². The Morgan fingerprint density at radius 2 is 2.18 bits per heavy atom. The summed E-state index contributed by atoms with van der Waals surface area (Å²) in [6.45, 7) is 6.49. The molecule has 0 amide bonds. The van der Waals surface area contributed by atoms with Crippen LogP contribution in [0.1, 0.15) is 18.6 Å². The first-order valence-corrected chi connectivity index (χ1v) is 6.11. The summed E-state index contributed by atoms with van der Waals surface area (Å²) in [5, 5.41) is 3.91. The van der Waals surface area contributed by atoms with Gasteiger partial charge in [-0.2, -0.15) is 4.98 Å². The number of nitrogens with two attached hydrogens (primary N) is 1. The minimum absolute atomic E-state index is 0.0692. The molecule has 2 rings (SSSR count). The number of hydrogen-bond donors (Lipinski definition) is 1. The van der Waals surface area contributed by atoms with Gasteiger partial charge >= 0.3 is 0 Å². The van der Waals surface area contributed by atoms with E-state index < -0.39 is 0 Å². The molecule has 0 aromatic carbocycles. The van der Waals surface area contributed by atoms with Gasteiger partial charge in [-0.05, 0) is 6.92 Å². The first-order valence-electron chi connectivity index (χ1n) is 6.11. The Bertz CT molecular complexity index is 334. The molecule has 0 aliphatic carbocycles. The maximum Gasteiger partial charge on any atom is 0.227 e. The minimum atomic E-state index is 0.0692. The lowest BCUT2D eigenvalue weighted by atomic mass is 10.2. The highest BCUT2D eigenvalue weighted by Crippen LogP contribution is 2.03. The summed E-state index contributed by atoms with van der Waals surface area (Å²) in [4.78, 5) is 6.67. The van der Waals surface area contributed by atoms with E-state index in [9.17, 15) is 0 Å². The zero-order valence-electron chi connectivity index (χ0n) is 10.3. The Balaban J connectivity index is 1.76. The van der Waals surface area contributed by atoms with E-state index in [0.29, 0.717) is 18.1 Å². The van der Waals surface area contributed by atoms with Crippen molar-refractivity contribution in [1.29, 1.82) is 0 Å². The summed E-state index contributed by atoms with van der Waals surface area (Å²) in [6, 6.07) is 0.0692. The fraction of sp³-hybridized carbons (Fsp3) is 0.818. The third-order valence-electron chi connectivity index (χ3n) is 2.76. The van der Waals surface area contributed by atoms with Gasteiger partial charge in [0, 0.05) is 38.5 Å². The van der Waals surface area contributed by atoms with E-state index >= 15 is 0 Å². The van der Waals surface area contributed by atoms with E-state index in [1.54, 1.807) is 0 Å². The van der Waals surface area contributed by atoms with Gasteiger partial charge in [-0.1, -0.05) is 5.16 Å². The van der Waals surface area contributed by atoms with Crippen molar-refractivity contribution < 1.29 is 9.26 Å². The quantitative estimate of drug-likeness (QED) is 0.770. The smallest absolute Gasteiger partial charge is 0.227 e. The highest BCUT2D eigenvalue weighted by Gasteiger charge is 2.13. The molecule has 1 fully saturated rings. The number of ether oxygens (including phenoxy) is 1. The van der Waals surface area contributed by atoms with Crippen LogP contribution in [0.5, 0.6) is 0 Å². The van der Waals surface area contributed by atoms with Crippen LogP contribution < -0.4 is 5.73 Å². The third kappa shape index (κ3) is 4.07. The van der Waals surface area contributed by atoms with Gasteiger partial charge in [0.2, 0.25) is 5.89 Å². The molecule has 1 saturated heterocycles. The molecule has 1 aromatic rings. The van der Waals surface area contributed by atoms with E-state index in [4.69, 9.17) is 15.0 Å². The number of nitrogens with zero attached hydrogens (tertiary/aromatic N) is 3. The van der Waals surface area contributed by atoms with Crippen molar-refractivity contribution in [2.24, 2.45) is 5.73 Å².